The molecule has 2 atom stereocenters. The molecule has 174 valence electrons. The molecule has 32 heavy (non-hydrogen) atoms. The second-order valence-electron chi connectivity index (χ2n) is 8.62. The zero-order valence-corrected chi connectivity index (χ0v) is 20.9. The van der Waals surface area contributed by atoms with E-state index in [-0.39, 0.29) is 11.9 Å². The number of benzene rings is 2. The zero-order chi connectivity index (χ0) is 23.5. The Hall–Kier alpha value is -2.05. The average molecular weight is 477 g/mol. The standard InChI is InChI=1S/C25H33ClN2O3S/c1-5-23(20-13-12-18-9-7-8-10-19(18)15-20)27-25(29)24(6-2)28(32(4,30)31)21-14-11-17(3)22(26)16-21/h11-16,23-24H,5-10H2,1-4H3,(H,27,29)/t23-,24+/m1/s1. The van der Waals surface area contributed by atoms with Crippen molar-refractivity contribution in [3.8, 4) is 0 Å². The Morgan fingerprint density at radius 1 is 1.06 bits per heavy atom. The first kappa shape index (κ1) is 24.6. The van der Waals surface area contributed by atoms with Gasteiger partial charge < -0.3 is 5.32 Å². The van der Waals surface area contributed by atoms with Gasteiger partial charge in [-0.05, 0) is 79.8 Å². The maximum atomic E-state index is 13.4. The van der Waals surface area contributed by atoms with E-state index in [0.717, 1.165) is 36.6 Å². The first-order valence-corrected chi connectivity index (χ1v) is 13.6. The number of sulfonamides is 1. The van der Waals surface area contributed by atoms with Gasteiger partial charge in [-0.3, -0.25) is 9.10 Å². The fourth-order valence-corrected chi connectivity index (χ4v) is 5.82. The third-order valence-corrected chi connectivity index (χ3v) is 7.83. The minimum atomic E-state index is -3.71. The van der Waals surface area contributed by atoms with Gasteiger partial charge in [0.1, 0.15) is 6.04 Å². The molecule has 2 aromatic rings. The molecule has 0 spiro atoms. The fraction of sp³-hybridized carbons (Fsp3) is 0.480. The molecule has 0 heterocycles. The van der Waals surface area contributed by atoms with Gasteiger partial charge >= 0.3 is 0 Å². The minimum Gasteiger partial charge on any atom is -0.347 e. The summed E-state index contributed by atoms with van der Waals surface area (Å²) in [5, 5.41) is 3.58. The molecule has 0 aliphatic heterocycles. The molecule has 1 aliphatic carbocycles. The van der Waals surface area contributed by atoms with Crippen LogP contribution in [0.25, 0.3) is 0 Å². The Morgan fingerprint density at radius 2 is 1.75 bits per heavy atom. The summed E-state index contributed by atoms with van der Waals surface area (Å²) in [6.45, 7) is 5.70. The number of rotatable bonds is 8. The van der Waals surface area contributed by atoms with Crippen LogP contribution in [0.2, 0.25) is 5.02 Å². The zero-order valence-electron chi connectivity index (χ0n) is 19.3. The quantitative estimate of drug-likeness (QED) is 0.559. The summed E-state index contributed by atoms with van der Waals surface area (Å²) in [6, 6.07) is 10.5. The van der Waals surface area contributed by atoms with E-state index in [0.29, 0.717) is 17.1 Å². The summed E-state index contributed by atoms with van der Waals surface area (Å²) in [7, 11) is -3.71. The fourth-order valence-electron chi connectivity index (χ4n) is 4.44. The van der Waals surface area contributed by atoms with Crippen LogP contribution < -0.4 is 9.62 Å². The minimum absolute atomic E-state index is 0.174. The third kappa shape index (κ3) is 5.46. The van der Waals surface area contributed by atoms with Crippen LogP contribution in [0.1, 0.15) is 67.8 Å². The molecule has 7 heteroatoms. The number of amides is 1. The topological polar surface area (TPSA) is 66.5 Å². The SMILES string of the molecule is CC[C@@H](NC(=O)[C@H](CC)N(c1ccc(C)c(Cl)c1)S(C)(=O)=O)c1ccc2c(c1)CCCC2. The van der Waals surface area contributed by atoms with Crippen LogP contribution in [0, 0.1) is 6.92 Å². The van der Waals surface area contributed by atoms with Crippen molar-refractivity contribution in [1.82, 2.24) is 5.32 Å². The molecule has 0 saturated carbocycles. The van der Waals surface area contributed by atoms with Crippen molar-refractivity contribution in [2.75, 3.05) is 10.6 Å². The Kier molecular flexibility index (Phi) is 7.88. The van der Waals surface area contributed by atoms with E-state index in [2.05, 4.69) is 23.5 Å². The lowest BCUT2D eigenvalue weighted by Crippen LogP contribution is -2.50. The van der Waals surface area contributed by atoms with Crippen molar-refractivity contribution in [1.29, 1.82) is 0 Å². The number of nitrogens with zero attached hydrogens (tertiary/aromatic N) is 1. The number of anilines is 1. The van der Waals surface area contributed by atoms with Crippen LogP contribution in [-0.4, -0.2) is 26.6 Å². The number of aryl methyl sites for hydroxylation is 3. The number of nitrogens with one attached hydrogen (secondary N) is 1. The van der Waals surface area contributed by atoms with E-state index < -0.39 is 16.1 Å². The van der Waals surface area contributed by atoms with Crippen LogP contribution in [0.5, 0.6) is 0 Å². The highest BCUT2D eigenvalue weighted by atomic mass is 35.5. The van der Waals surface area contributed by atoms with Gasteiger partial charge in [-0.25, -0.2) is 8.42 Å². The van der Waals surface area contributed by atoms with Crippen LogP contribution in [0.4, 0.5) is 5.69 Å². The van der Waals surface area contributed by atoms with Crippen molar-refractivity contribution >= 4 is 33.2 Å². The second kappa shape index (κ2) is 10.3. The summed E-state index contributed by atoms with van der Waals surface area (Å²) in [5.41, 5.74) is 5.07. The molecule has 1 N–H and O–H groups in total. The lowest BCUT2D eigenvalue weighted by atomic mass is 9.88. The molecule has 0 bridgehead atoms. The number of hydrogen-bond donors (Lipinski definition) is 1. The van der Waals surface area contributed by atoms with Gasteiger partial charge in [-0.1, -0.05) is 49.7 Å². The summed E-state index contributed by atoms with van der Waals surface area (Å²) >= 11 is 6.26. The van der Waals surface area contributed by atoms with Crippen LogP contribution in [0.3, 0.4) is 0 Å². The van der Waals surface area contributed by atoms with Crippen LogP contribution >= 0.6 is 11.6 Å². The maximum Gasteiger partial charge on any atom is 0.244 e. The summed E-state index contributed by atoms with van der Waals surface area (Å²) in [6.07, 6.45) is 6.78. The molecule has 1 aliphatic rings. The van der Waals surface area contributed by atoms with Gasteiger partial charge in [-0.15, -0.1) is 0 Å². The molecule has 1 amide bonds. The number of carbonyl (C=O) groups excluding carboxylic acids is 1. The Labute approximate surface area is 197 Å². The van der Waals surface area contributed by atoms with E-state index >= 15 is 0 Å². The molecular formula is C25H33ClN2O3S. The summed E-state index contributed by atoms with van der Waals surface area (Å²) in [4.78, 5) is 13.4. The molecule has 0 saturated heterocycles. The molecular weight excluding hydrogens is 444 g/mol. The molecule has 3 rings (SSSR count). The van der Waals surface area contributed by atoms with Gasteiger partial charge in [-0.2, -0.15) is 0 Å². The molecule has 0 fully saturated rings. The van der Waals surface area contributed by atoms with Gasteiger partial charge in [0.2, 0.25) is 15.9 Å². The van der Waals surface area contributed by atoms with E-state index in [1.54, 1.807) is 18.2 Å². The van der Waals surface area contributed by atoms with Crippen molar-refractivity contribution in [2.24, 2.45) is 0 Å². The molecule has 0 radical (unpaired) electrons. The highest BCUT2D eigenvalue weighted by Gasteiger charge is 2.33. The van der Waals surface area contributed by atoms with E-state index in [9.17, 15) is 13.2 Å². The molecule has 2 aromatic carbocycles. The van der Waals surface area contributed by atoms with Gasteiger partial charge in [0.15, 0.2) is 0 Å². The van der Waals surface area contributed by atoms with Crippen LogP contribution in [0.15, 0.2) is 36.4 Å². The highest BCUT2D eigenvalue weighted by Crippen LogP contribution is 2.29. The first-order chi connectivity index (χ1) is 15.2. The molecule has 0 unspecified atom stereocenters. The Morgan fingerprint density at radius 3 is 2.34 bits per heavy atom. The lowest BCUT2D eigenvalue weighted by Gasteiger charge is -2.32. The number of halogens is 1. The first-order valence-electron chi connectivity index (χ1n) is 11.3. The number of carbonyl (C=O) groups is 1. The predicted molar refractivity (Wildman–Crippen MR) is 132 cm³/mol. The highest BCUT2D eigenvalue weighted by molar-refractivity contribution is 7.92. The summed E-state index contributed by atoms with van der Waals surface area (Å²) in [5.74, 6) is -0.306. The van der Waals surface area contributed by atoms with Crippen molar-refractivity contribution in [2.45, 2.75) is 71.4 Å². The second-order valence-corrected chi connectivity index (χ2v) is 10.9. The smallest absolute Gasteiger partial charge is 0.244 e. The van der Waals surface area contributed by atoms with Crippen LogP contribution in [-0.2, 0) is 27.7 Å². The van der Waals surface area contributed by atoms with Crippen molar-refractivity contribution in [3.05, 3.63) is 63.7 Å². The monoisotopic (exact) mass is 476 g/mol. The Balaban J connectivity index is 1.89. The van der Waals surface area contributed by atoms with Gasteiger partial charge in [0.05, 0.1) is 18.0 Å². The van der Waals surface area contributed by atoms with E-state index in [4.69, 9.17) is 11.6 Å². The van der Waals surface area contributed by atoms with Gasteiger partial charge in [0.25, 0.3) is 0 Å². The summed E-state index contributed by atoms with van der Waals surface area (Å²) < 4.78 is 26.6. The number of fused-ring (bicyclic) bond motifs is 1. The van der Waals surface area contributed by atoms with E-state index in [1.807, 2.05) is 20.8 Å². The van der Waals surface area contributed by atoms with Crippen molar-refractivity contribution in [3.63, 3.8) is 0 Å². The maximum absolute atomic E-state index is 13.4. The van der Waals surface area contributed by atoms with Gasteiger partial charge in [0, 0.05) is 5.02 Å². The molecule has 5 nitrogen and oxygen atoms in total. The average Bonchev–Trinajstić information content (AvgIpc) is 2.76. The number of hydrogen-bond acceptors (Lipinski definition) is 3. The predicted octanol–water partition coefficient (Wildman–Crippen LogP) is 5.34. The van der Waals surface area contributed by atoms with Crippen molar-refractivity contribution < 1.29 is 13.2 Å². The largest absolute Gasteiger partial charge is 0.347 e. The normalized spacial score (nSPS) is 15.5. The Bertz CT molecular complexity index is 1080. The third-order valence-electron chi connectivity index (χ3n) is 6.24. The lowest BCUT2D eigenvalue weighted by molar-refractivity contribution is -0.123. The molecule has 0 aromatic heterocycles. The van der Waals surface area contributed by atoms with E-state index in [1.165, 1.54) is 28.3 Å².